The van der Waals surface area contributed by atoms with Crippen molar-refractivity contribution in [1.29, 1.82) is 0 Å². The number of fused-ring (bicyclic) bond motifs is 1. The van der Waals surface area contributed by atoms with Gasteiger partial charge in [0.25, 0.3) is 5.91 Å². The molecule has 4 rings (SSSR count). The molecular weight excluding hydrogens is 290 g/mol. The van der Waals surface area contributed by atoms with Crippen LogP contribution in [-0.2, 0) is 13.0 Å². The molecule has 1 N–H and O–H groups in total. The van der Waals surface area contributed by atoms with Gasteiger partial charge in [-0.05, 0) is 6.07 Å². The first-order chi connectivity index (χ1) is 11.3. The van der Waals surface area contributed by atoms with E-state index >= 15 is 0 Å². The second kappa shape index (κ2) is 5.64. The van der Waals surface area contributed by atoms with E-state index in [4.69, 9.17) is 0 Å². The minimum Gasteiger partial charge on any atom is -0.332 e. The average Bonchev–Trinajstić information content (AvgIpc) is 3.11. The van der Waals surface area contributed by atoms with E-state index in [-0.39, 0.29) is 5.91 Å². The molecule has 0 atom stereocenters. The van der Waals surface area contributed by atoms with Gasteiger partial charge in [-0.15, -0.1) is 0 Å². The van der Waals surface area contributed by atoms with Crippen LogP contribution in [0.2, 0.25) is 0 Å². The largest absolute Gasteiger partial charge is 0.332 e. The lowest BCUT2D eigenvalue weighted by atomic mass is 10.1. The number of amides is 1. The van der Waals surface area contributed by atoms with Crippen molar-refractivity contribution in [3.63, 3.8) is 0 Å². The second-order valence-electron chi connectivity index (χ2n) is 5.50. The van der Waals surface area contributed by atoms with Crippen molar-refractivity contribution in [2.24, 2.45) is 0 Å². The van der Waals surface area contributed by atoms with E-state index in [1.54, 1.807) is 23.5 Å². The molecular formula is C17H15N5O. The lowest BCUT2D eigenvalue weighted by molar-refractivity contribution is 0.0727. The third-order valence-corrected chi connectivity index (χ3v) is 4.03. The molecule has 3 heterocycles. The number of aromatic nitrogens is 4. The van der Waals surface area contributed by atoms with Crippen LogP contribution in [-0.4, -0.2) is 37.5 Å². The molecule has 23 heavy (non-hydrogen) atoms. The van der Waals surface area contributed by atoms with Crippen LogP contribution in [0.3, 0.4) is 0 Å². The van der Waals surface area contributed by atoms with Gasteiger partial charge >= 0.3 is 0 Å². The molecule has 0 spiro atoms. The van der Waals surface area contributed by atoms with Gasteiger partial charge in [0.05, 0.1) is 11.4 Å². The Morgan fingerprint density at radius 3 is 2.96 bits per heavy atom. The van der Waals surface area contributed by atoms with Crippen LogP contribution >= 0.6 is 0 Å². The number of aromatic amines is 1. The summed E-state index contributed by atoms with van der Waals surface area (Å²) in [7, 11) is 0. The molecule has 114 valence electrons. The maximum atomic E-state index is 12.7. The number of carbonyl (C=O) groups excluding carboxylic acids is 1. The number of nitrogens with zero attached hydrogens (tertiary/aromatic N) is 4. The summed E-state index contributed by atoms with van der Waals surface area (Å²) in [5.41, 5.74) is 4.30. The summed E-state index contributed by atoms with van der Waals surface area (Å²) in [6.45, 7) is 1.19. The highest BCUT2D eigenvalue weighted by molar-refractivity contribution is 5.93. The molecule has 0 unspecified atom stereocenters. The van der Waals surface area contributed by atoms with Crippen molar-refractivity contribution in [2.75, 3.05) is 6.54 Å². The Hall–Kier alpha value is -3.02. The molecule has 0 aliphatic carbocycles. The third kappa shape index (κ3) is 2.59. The van der Waals surface area contributed by atoms with Crippen LogP contribution in [0.1, 0.15) is 21.7 Å². The van der Waals surface area contributed by atoms with Crippen molar-refractivity contribution in [3.05, 3.63) is 65.9 Å². The zero-order chi connectivity index (χ0) is 15.6. The molecule has 1 amide bonds. The Labute approximate surface area is 133 Å². The Bertz CT molecular complexity index is 843. The van der Waals surface area contributed by atoms with E-state index < -0.39 is 0 Å². The van der Waals surface area contributed by atoms with Crippen molar-refractivity contribution in [2.45, 2.75) is 13.0 Å². The smallest absolute Gasteiger partial charge is 0.272 e. The van der Waals surface area contributed by atoms with Gasteiger partial charge in [-0.2, -0.15) is 5.10 Å². The summed E-state index contributed by atoms with van der Waals surface area (Å²) in [6, 6.07) is 11.6. The van der Waals surface area contributed by atoms with Gasteiger partial charge in [0.15, 0.2) is 0 Å². The van der Waals surface area contributed by atoms with Crippen LogP contribution in [0.5, 0.6) is 0 Å². The highest BCUT2D eigenvalue weighted by Gasteiger charge is 2.24. The Morgan fingerprint density at radius 1 is 1.22 bits per heavy atom. The standard InChI is InChI=1S/C17H15N5O/c23-17(22-7-6-14-13(10-22)9-18-11-19-14)16-8-15(20-21-16)12-4-2-1-3-5-12/h1-5,8-9,11H,6-7,10H2,(H,20,21). The Morgan fingerprint density at radius 2 is 2.09 bits per heavy atom. The summed E-state index contributed by atoms with van der Waals surface area (Å²) in [5.74, 6) is -0.0471. The lowest BCUT2D eigenvalue weighted by Crippen LogP contribution is -2.36. The molecule has 0 bridgehead atoms. The normalized spacial score (nSPS) is 13.7. The molecule has 0 saturated heterocycles. The number of benzene rings is 1. The molecule has 3 aromatic rings. The summed E-state index contributed by atoms with van der Waals surface area (Å²) in [6.07, 6.45) is 4.09. The average molecular weight is 305 g/mol. The Balaban J connectivity index is 1.55. The predicted octanol–water partition coefficient (Wildman–Crippen LogP) is 2.07. The first kappa shape index (κ1) is 13.6. The van der Waals surface area contributed by atoms with Crippen molar-refractivity contribution < 1.29 is 4.79 Å². The summed E-state index contributed by atoms with van der Waals surface area (Å²) in [5, 5.41) is 7.10. The van der Waals surface area contributed by atoms with Gasteiger partial charge in [0, 0.05) is 36.8 Å². The minimum absolute atomic E-state index is 0.0471. The zero-order valence-corrected chi connectivity index (χ0v) is 12.4. The molecule has 6 nitrogen and oxygen atoms in total. The predicted molar refractivity (Wildman–Crippen MR) is 84.5 cm³/mol. The number of hydrogen-bond donors (Lipinski definition) is 1. The van der Waals surface area contributed by atoms with Crippen LogP contribution in [0.15, 0.2) is 48.9 Å². The summed E-state index contributed by atoms with van der Waals surface area (Å²) in [4.78, 5) is 22.8. The number of rotatable bonds is 2. The van der Waals surface area contributed by atoms with Gasteiger partial charge in [0.1, 0.15) is 12.0 Å². The van der Waals surface area contributed by atoms with Gasteiger partial charge in [-0.25, -0.2) is 9.97 Å². The van der Waals surface area contributed by atoms with Crippen molar-refractivity contribution in [1.82, 2.24) is 25.1 Å². The summed E-state index contributed by atoms with van der Waals surface area (Å²) < 4.78 is 0. The summed E-state index contributed by atoms with van der Waals surface area (Å²) >= 11 is 0. The number of carbonyl (C=O) groups is 1. The van der Waals surface area contributed by atoms with E-state index in [9.17, 15) is 4.79 Å². The first-order valence-corrected chi connectivity index (χ1v) is 7.49. The van der Waals surface area contributed by atoms with E-state index in [1.807, 2.05) is 30.3 Å². The lowest BCUT2D eigenvalue weighted by Gasteiger charge is -2.27. The molecule has 0 saturated carbocycles. The number of H-pyrrole nitrogens is 1. The monoisotopic (exact) mass is 305 g/mol. The fourth-order valence-corrected chi connectivity index (χ4v) is 2.80. The van der Waals surface area contributed by atoms with Gasteiger partial charge in [0.2, 0.25) is 0 Å². The quantitative estimate of drug-likeness (QED) is 0.786. The zero-order valence-electron chi connectivity index (χ0n) is 12.4. The van der Waals surface area contributed by atoms with Crippen LogP contribution < -0.4 is 0 Å². The third-order valence-electron chi connectivity index (χ3n) is 4.03. The van der Waals surface area contributed by atoms with Crippen molar-refractivity contribution in [3.8, 4) is 11.3 Å². The van der Waals surface area contributed by atoms with Crippen LogP contribution in [0.4, 0.5) is 0 Å². The fraction of sp³-hybridized carbons (Fsp3) is 0.176. The van der Waals surface area contributed by atoms with Crippen LogP contribution in [0, 0.1) is 0 Å². The number of hydrogen-bond acceptors (Lipinski definition) is 4. The SMILES string of the molecule is O=C(c1cc(-c2ccccc2)n[nH]1)N1CCc2ncncc2C1. The molecule has 2 aromatic heterocycles. The fourth-order valence-electron chi connectivity index (χ4n) is 2.80. The maximum absolute atomic E-state index is 12.7. The van der Waals surface area contributed by atoms with E-state index in [2.05, 4.69) is 20.2 Å². The molecule has 0 radical (unpaired) electrons. The van der Waals surface area contributed by atoms with E-state index in [1.165, 1.54) is 0 Å². The molecule has 1 aromatic carbocycles. The molecule has 6 heteroatoms. The maximum Gasteiger partial charge on any atom is 0.272 e. The topological polar surface area (TPSA) is 74.8 Å². The van der Waals surface area contributed by atoms with Crippen LogP contribution in [0.25, 0.3) is 11.3 Å². The number of nitrogens with one attached hydrogen (secondary N) is 1. The molecule has 0 fully saturated rings. The van der Waals surface area contributed by atoms with Gasteiger partial charge < -0.3 is 4.90 Å². The highest BCUT2D eigenvalue weighted by Crippen LogP contribution is 2.20. The molecule has 1 aliphatic rings. The highest BCUT2D eigenvalue weighted by atomic mass is 16.2. The van der Waals surface area contributed by atoms with Gasteiger partial charge in [-0.3, -0.25) is 9.89 Å². The second-order valence-corrected chi connectivity index (χ2v) is 5.50. The molecule has 1 aliphatic heterocycles. The Kier molecular flexibility index (Phi) is 3.34. The van der Waals surface area contributed by atoms with Gasteiger partial charge in [-0.1, -0.05) is 30.3 Å². The van der Waals surface area contributed by atoms with E-state index in [0.29, 0.717) is 18.8 Å². The first-order valence-electron chi connectivity index (χ1n) is 7.49. The minimum atomic E-state index is -0.0471. The van der Waals surface area contributed by atoms with E-state index in [0.717, 1.165) is 28.9 Å². The van der Waals surface area contributed by atoms with Crippen molar-refractivity contribution >= 4 is 5.91 Å².